The van der Waals surface area contributed by atoms with Gasteiger partial charge < -0.3 is 14.2 Å². The molecular formula is C26H28N4O3. The van der Waals surface area contributed by atoms with Crippen molar-refractivity contribution in [1.82, 2.24) is 15.1 Å². The van der Waals surface area contributed by atoms with Gasteiger partial charge in [0.25, 0.3) is 5.89 Å². The largest absolute Gasteiger partial charge is 0.459 e. The van der Waals surface area contributed by atoms with Gasteiger partial charge in [0.05, 0.1) is 12.8 Å². The molecule has 0 fully saturated rings. The highest BCUT2D eigenvalue weighted by molar-refractivity contribution is 5.96. The highest BCUT2D eigenvalue weighted by atomic mass is 16.4. The van der Waals surface area contributed by atoms with Crippen LogP contribution in [-0.4, -0.2) is 27.5 Å². The highest BCUT2D eigenvalue weighted by Gasteiger charge is 2.29. The SMILES string of the molecule is CCCN(Cc1nnc(-c2ccco2)o1)C(C(=O)Nc1cc(C)ccc1C)c1ccccc1. The molecule has 1 N–H and O–H groups in total. The van der Waals surface area contributed by atoms with Crippen LogP contribution in [-0.2, 0) is 11.3 Å². The van der Waals surface area contributed by atoms with E-state index in [1.807, 2.05) is 62.4 Å². The second kappa shape index (κ2) is 10.3. The van der Waals surface area contributed by atoms with E-state index in [0.29, 0.717) is 30.6 Å². The number of nitrogens with one attached hydrogen (secondary N) is 1. The summed E-state index contributed by atoms with van der Waals surface area (Å²) in [5.74, 6) is 1.16. The molecule has 4 aromatic rings. The zero-order valence-electron chi connectivity index (χ0n) is 19.1. The molecule has 1 unspecified atom stereocenters. The van der Waals surface area contributed by atoms with E-state index in [0.717, 1.165) is 28.8 Å². The van der Waals surface area contributed by atoms with E-state index >= 15 is 0 Å². The minimum absolute atomic E-state index is 0.103. The summed E-state index contributed by atoms with van der Waals surface area (Å²) in [6.07, 6.45) is 2.42. The zero-order valence-corrected chi connectivity index (χ0v) is 19.1. The molecule has 0 radical (unpaired) electrons. The number of benzene rings is 2. The van der Waals surface area contributed by atoms with Crippen molar-refractivity contribution in [3.05, 3.63) is 89.5 Å². The summed E-state index contributed by atoms with van der Waals surface area (Å²) in [7, 11) is 0. The smallest absolute Gasteiger partial charge is 0.283 e. The molecule has 0 saturated heterocycles. The first-order valence-corrected chi connectivity index (χ1v) is 11.1. The molecule has 0 bridgehead atoms. The van der Waals surface area contributed by atoms with Crippen LogP contribution in [0.15, 0.2) is 75.8 Å². The topological polar surface area (TPSA) is 84.4 Å². The Morgan fingerprint density at radius 2 is 1.88 bits per heavy atom. The monoisotopic (exact) mass is 444 g/mol. The molecule has 33 heavy (non-hydrogen) atoms. The van der Waals surface area contributed by atoms with Crippen LogP contribution < -0.4 is 5.32 Å². The van der Waals surface area contributed by atoms with Crippen molar-refractivity contribution in [2.75, 3.05) is 11.9 Å². The molecule has 0 saturated carbocycles. The molecule has 0 spiro atoms. The summed E-state index contributed by atoms with van der Waals surface area (Å²) in [6, 6.07) is 18.8. The van der Waals surface area contributed by atoms with Crippen LogP contribution in [0.2, 0.25) is 0 Å². The summed E-state index contributed by atoms with van der Waals surface area (Å²) in [6.45, 7) is 7.10. The van der Waals surface area contributed by atoms with Crippen LogP contribution >= 0.6 is 0 Å². The molecule has 7 heteroatoms. The molecule has 2 aromatic carbocycles. The van der Waals surface area contributed by atoms with Gasteiger partial charge in [0, 0.05) is 5.69 Å². The van der Waals surface area contributed by atoms with Crippen LogP contribution in [0.5, 0.6) is 0 Å². The molecule has 7 nitrogen and oxygen atoms in total. The predicted octanol–water partition coefficient (Wildman–Crippen LogP) is 5.54. The van der Waals surface area contributed by atoms with Crippen LogP contribution in [0.1, 0.15) is 42.0 Å². The number of aromatic nitrogens is 2. The van der Waals surface area contributed by atoms with E-state index in [2.05, 4.69) is 27.3 Å². The number of hydrogen-bond acceptors (Lipinski definition) is 6. The van der Waals surface area contributed by atoms with Crippen molar-refractivity contribution in [3.8, 4) is 11.7 Å². The summed E-state index contributed by atoms with van der Waals surface area (Å²) >= 11 is 0. The van der Waals surface area contributed by atoms with Gasteiger partial charge in [-0.3, -0.25) is 9.69 Å². The van der Waals surface area contributed by atoms with Crippen molar-refractivity contribution in [1.29, 1.82) is 0 Å². The number of carbonyl (C=O) groups excluding carboxylic acids is 1. The first-order valence-electron chi connectivity index (χ1n) is 11.1. The number of rotatable bonds is 9. The van der Waals surface area contributed by atoms with E-state index in [1.54, 1.807) is 18.4 Å². The molecule has 0 aliphatic rings. The maximum Gasteiger partial charge on any atom is 0.283 e. The fourth-order valence-electron chi connectivity index (χ4n) is 3.81. The lowest BCUT2D eigenvalue weighted by Crippen LogP contribution is -2.37. The number of hydrogen-bond donors (Lipinski definition) is 1. The van der Waals surface area contributed by atoms with Gasteiger partial charge in [0.2, 0.25) is 11.8 Å². The lowest BCUT2D eigenvalue weighted by Gasteiger charge is -2.30. The normalized spacial score (nSPS) is 12.1. The highest BCUT2D eigenvalue weighted by Crippen LogP contribution is 2.27. The average Bonchev–Trinajstić information content (AvgIpc) is 3.49. The van der Waals surface area contributed by atoms with Gasteiger partial charge in [-0.25, -0.2) is 0 Å². The first-order chi connectivity index (χ1) is 16.0. The summed E-state index contributed by atoms with van der Waals surface area (Å²) in [4.78, 5) is 15.7. The fraction of sp³-hybridized carbons (Fsp3) is 0.269. The quantitative estimate of drug-likeness (QED) is 0.365. The number of amides is 1. The minimum Gasteiger partial charge on any atom is -0.459 e. The molecule has 4 rings (SSSR count). The molecule has 1 amide bonds. The van der Waals surface area contributed by atoms with Crippen LogP contribution in [0.4, 0.5) is 5.69 Å². The molecule has 1 atom stereocenters. The predicted molar refractivity (Wildman–Crippen MR) is 126 cm³/mol. The molecule has 2 heterocycles. The summed E-state index contributed by atoms with van der Waals surface area (Å²) < 4.78 is 11.2. The van der Waals surface area contributed by atoms with Gasteiger partial charge in [0.1, 0.15) is 6.04 Å². The number of anilines is 1. The average molecular weight is 445 g/mol. The van der Waals surface area contributed by atoms with E-state index in [9.17, 15) is 4.79 Å². The Morgan fingerprint density at radius 3 is 2.61 bits per heavy atom. The third kappa shape index (κ3) is 5.38. The Labute approximate surface area is 193 Å². The fourth-order valence-corrected chi connectivity index (χ4v) is 3.81. The first kappa shape index (κ1) is 22.5. The molecule has 0 aliphatic carbocycles. The van der Waals surface area contributed by atoms with Crippen LogP contribution in [0.3, 0.4) is 0 Å². The van der Waals surface area contributed by atoms with Gasteiger partial charge in [-0.2, -0.15) is 0 Å². The van der Waals surface area contributed by atoms with Crippen LogP contribution in [0, 0.1) is 13.8 Å². The third-order valence-electron chi connectivity index (χ3n) is 5.43. The van der Waals surface area contributed by atoms with Gasteiger partial charge >= 0.3 is 0 Å². The van der Waals surface area contributed by atoms with Crippen molar-refractivity contribution >= 4 is 11.6 Å². The third-order valence-corrected chi connectivity index (χ3v) is 5.43. The maximum absolute atomic E-state index is 13.6. The van der Waals surface area contributed by atoms with Gasteiger partial charge in [-0.05, 0) is 61.7 Å². The van der Waals surface area contributed by atoms with Crippen molar-refractivity contribution in [2.45, 2.75) is 39.8 Å². The Balaban J connectivity index is 1.63. The van der Waals surface area contributed by atoms with Crippen molar-refractivity contribution in [2.24, 2.45) is 0 Å². The van der Waals surface area contributed by atoms with Gasteiger partial charge in [-0.1, -0.05) is 49.4 Å². The molecule has 0 aliphatic heterocycles. The summed E-state index contributed by atoms with van der Waals surface area (Å²) in [5, 5.41) is 11.4. The second-order valence-electron chi connectivity index (χ2n) is 8.07. The molecule has 170 valence electrons. The molecule has 2 aromatic heterocycles. The number of aryl methyl sites for hydroxylation is 2. The van der Waals surface area contributed by atoms with Gasteiger partial charge in [0.15, 0.2) is 5.76 Å². The summed E-state index contributed by atoms with van der Waals surface area (Å²) in [5.41, 5.74) is 3.83. The number of nitrogens with zero attached hydrogens (tertiary/aromatic N) is 3. The van der Waals surface area contributed by atoms with Crippen molar-refractivity contribution < 1.29 is 13.6 Å². The number of carbonyl (C=O) groups is 1. The Bertz CT molecular complexity index is 1190. The maximum atomic E-state index is 13.6. The second-order valence-corrected chi connectivity index (χ2v) is 8.07. The Kier molecular flexibility index (Phi) is 7.00. The van der Waals surface area contributed by atoms with E-state index < -0.39 is 6.04 Å². The van der Waals surface area contributed by atoms with Crippen LogP contribution in [0.25, 0.3) is 11.7 Å². The van der Waals surface area contributed by atoms with E-state index in [4.69, 9.17) is 8.83 Å². The number of furan rings is 1. The van der Waals surface area contributed by atoms with E-state index in [1.165, 1.54) is 0 Å². The zero-order chi connectivity index (χ0) is 23.2. The minimum atomic E-state index is -0.523. The van der Waals surface area contributed by atoms with Gasteiger partial charge in [-0.15, -0.1) is 10.2 Å². The lowest BCUT2D eigenvalue weighted by atomic mass is 10.0. The van der Waals surface area contributed by atoms with Crippen molar-refractivity contribution in [3.63, 3.8) is 0 Å². The Morgan fingerprint density at radius 1 is 1.06 bits per heavy atom. The standard InChI is InChI=1S/C26H28N4O3/c1-4-14-30(17-23-28-29-26(33-23)22-11-8-15-32-22)24(20-9-6-5-7-10-20)25(31)27-21-16-18(2)12-13-19(21)3/h5-13,15-16,24H,4,14,17H2,1-3H3,(H,27,31). The molecular weight excluding hydrogens is 416 g/mol. The lowest BCUT2D eigenvalue weighted by molar-refractivity contribution is -0.122. The Hall–Kier alpha value is -3.71. The van der Waals surface area contributed by atoms with E-state index in [-0.39, 0.29) is 5.91 Å².